The zero-order chi connectivity index (χ0) is 13.9. The molecule has 5 rings (SSSR count). The predicted octanol–water partition coefficient (Wildman–Crippen LogP) is 3.93. The van der Waals surface area contributed by atoms with E-state index in [1.165, 1.54) is 16.7 Å². The molecule has 1 aromatic carbocycles. The third kappa shape index (κ3) is 1.32. The van der Waals surface area contributed by atoms with E-state index in [-0.39, 0.29) is 5.41 Å². The Balaban J connectivity index is 1.75. The van der Waals surface area contributed by atoms with Gasteiger partial charge in [0.25, 0.3) is 0 Å². The lowest BCUT2D eigenvalue weighted by Gasteiger charge is -2.13. The van der Waals surface area contributed by atoms with Gasteiger partial charge in [0.05, 0.1) is 11.4 Å². The zero-order valence-electron chi connectivity index (χ0n) is 11.5. The van der Waals surface area contributed by atoms with Gasteiger partial charge in [0.1, 0.15) is 0 Å². The van der Waals surface area contributed by atoms with Crippen LogP contribution >= 0.6 is 0 Å². The zero-order valence-corrected chi connectivity index (χ0v) is 11.5. The monoisotopic (exact) mass is 270 g/mol. The summed E-state index contributed by atoms with van der Waals surface area (Å²) in [6.45, 7) is 0. The molecule has 0 radical (unpaired) electrons. The van der Waals surface area contributed by atoms with Crippen molar-refractivity contribution < 1.29 is 0 Å². The maximum absolute atomic E-state index is 4.60. The number of benzene rings is 1. The largest absolute Gasteiger partial charge is 0.254 e. The average Bonchev–Trinajstić information content (AvgIpc) is 3.25. The maximum Gasteiger partial charge on any atom is 0.0930 e. The van der Waals surface area contributed by atoms with Crippen LogP contribution in [0.2, 0.25) is 0 Å². The lowest BCUT2D eigenvalue weighted by atomic mass is 9.89. The Kier molecular flexibility index (Phi) is 2.02. The van der Waals surface area contributed by atoms with Crippen LogP contribution in [-0.4, -0.2) is 9.97 Å². The summed E-state index contributed by atoms with van der Waals surface area (Å²) in [6.07, 6.45) is 4.90. The Morgan fingerprint density at radius 1 is 0.762 bits per heavy atom. The Morgan fingerprint density at radius 3 is 2.00 bits per heavy atom. The second kappa shape index (κ2) is 3.79. The van der Waals surface area contributed by atoms with Crippen LogP contribution in [0.4, 0.5) is 0 Å². The highest BCUT2D eigenvalue weighted by atomic mass is 14.8. The van der Waals surface area contributed by atoms with Gasteiger partial charge in [0, 0.05) is 17.8 Å². The highest BCUT2D eigenvalue weighted by molar-refractivity contribution is 5.79. The highest BCUT2D eigenvalue weighted by Gasteiger charge is 2.62. The second-order valence-corrected chi connectivity index (χ2v) is 5.94. The van der Waals surface area contributed by atoms with Crippen LogP contribution < -0.4 is 0 Å². The van der Waals surface area contributed by atoms with Crippen molar-refractivity contribution in [2.45, 2.75) is 17.8 Å². The molecule has 0 unspecified atom stereocenters. The molecule has 100 valence electrons. The van der Waals surface area contributed by atoms with E-state index in [0.717, 1.165) is 17.8 Å². The van der Waals surface area contributed by atoms with Crippen molar-refractivity contribution in [3.8, 4) is 11.4 Å². The van der Waals surface area contributed by atoms with Crippen LogP contribution in [0.5, 0.6) is 0 Å². The number of hydrogen-bond acceptors (Lipinski definition) is 2. The second-order valence-electron chi connectivity index (χ2n) is 5.94. The minimum Gasteiger partial charge on any atom is -0.254 e. The quantitative estimate of drug-likeness (QED) is 0.669. The number of pyridine rings is 2. The molecule has 0 saturated heterocycles. The smallest absolute Gasteiger partial charge is 0.0930 e. The fourth-order valence-corrected chi connectivity index (χ4v) is 4.00. The number of nitrogens with zero attached hydrogens (tertiary/aromatic N) is 2. The Morgan fingerprint density at radius 2 is 1.38 bits per heavy atom. The number of hydrogen-bond donors (Lipinski definition) is 0. The van der Waals surface area contributed by atoms with Crippen molar-refractivity contribution in [3.05, 3.63) is 83.7 Å². The van der Waals surface area contributed by atoms with Crippen LogP contribution in [0.15, 0.2) is 67.0 Å². The van der Waals surface area contributed by atoms with Gasteiger partial charge in [-0.1, -0.05) is 42.5 Å². The molecule has 1 fully saturated rings. The fourth-order valence-electron chi connectivity index (χ4n) is 4.00. The molecule has 2 aliphatic carbocycles. The van der Waals surface area contributed by atoms with Gasteiger partial charge in [0.15, 0.2) is 0 Å². The standard InChI is InChI=1S/C19H14N2/c1-2-6-13(7-3-1)16-12-19(16)14-8-4-10-20-17(14)18-15(19)9-5-11-21-18/h1-11,16H,12H2/t16-/m0/s1. The Labute approximate surface area is 123 Å². The average molecular weight is 270 g/mol. The third-order valence-electron chi connectivity index (χ3n) is 4.96. The minimum atomic E-state index is 0.106. The normalized spacial score (nSPS) is 20.1. The van der Waals surface area contributed by atoms with Crippen molar-refractivity contribution in [1.29, 1.82) is 0 Å². The van der Waals surface area contributed by atoms with Gasteiger partial charge in [-0.25, -0.2) is 0 Å². The topological polar surface area (TPSA) is 25.8 Å². The lowest BCUT2D eigenvalue weighted by Crippen LogP contribution is -2.07. The van der Waals surface area contributed by atoms with Gasteiger partial charge in [-0.05, 0) is 41.2 Å². The predicted molar refractivity (Wildman–Crippen MR) is 82.0 cm³/mol. The van der Waals surface area contributed by atoms with Crippen molar-refractivity contribution >= 4 is 0 Å². The van der Waals surface area contributed by atoms with Gasteiger partial charge in [-0.3, -0.25) is 9.97 Å². The Hall–Kier alpha value is -2.48. The molecule has 0 N–H and O–H groups in total. The van der Waals surface area contributed by atoms with Crippen LogP contribution in [-0.2, 0) is 5.41 Å². The number of aromatic nitrogens is 2. The van der Waals surface area contributed by atoms with E-state index in [9.17, 15) is 0 Å². The molecule has 1 spiro atoms. The van der Waals surface area contributed by atoms with Gasteiger partial charge >= 0.3 is 0 Å². The molecule has 2 aromatic heterocycles. The summed E-state index contributed by atoms with van der Waals surface area (Å²) in [5.74, 6) is 0.548. The van der Waals surface area contributed by atoms with Gasteiger partial charge < -0.3 is 0 Å². The molecular formula is C19H14N2. The van der Waals surface area contributed by atoms with E-state index >= 15 is 0 Å². The first-order valence-corrected chi connectivity index (χ1v) is 7.37. The van der Waals surface area contributed by atoms with Crippen molar-refractivity contribution in [1.82, 2.24) is 9.97 Å². The molecule has 2 nitrogen and oxygen atoms in total. The molecule has 2 aliphatic rings. The van der Waals surface area contributed by atoms with E-state index in [0.29, 0.717) is 5.92 Å². The molecule has 0 bridgehead atoms. The lowest BCUT2D eigenvalue weighted by molar-refractivity contribution is 0.825. The van der Waals surface area contributed by atoms with Crippen LogP contribution in [0.1, 0.15) is 29.0 Å². The van der Waals surface area contributed by atoms with Crippen LogP contribution in [0.25, 0.3) is 11.4 Å². The first kappa shape index (κ1) is 11.2. The highest BCUT2D eigenvalue weighted by Crippen LogP contribution is 2.69. The van der Waals surface area contributed by atoms with Crippen molar-refractivity contribution in [3.63, 3.8) is 0 Å². The van der Waals surface area contributed by atoms with Gasteiger partial charge in [-0.2, -0.15) is 0 Å². The molecule has 3 aromatic rings. The molecule has 1 atom stereocenters. The summed E-state index contributed by atoms with van der Waals surface area (Å²) < 4.78 is 0. The summed E-state index contributed by atoms with van der Waals surface area (Å²) in [5, 5.41) is 0. The summed E-state index contributed by atoms with van der Waals surface area (Å²) >= 11 is 0. The maximum atomic E-state index is 4.60. The summed E-state index contributed by atoms with van der Waals surface area (Å²) in [6, 6.07) is 19.4. The molecule has 0 aliphatic heterocycles. The van der Waals surface area contributed by atoms with Crippen LogP contribution in [0.3, 0.4) is 0 Å². The first-order chi connectivity index (χ1) is 10.4. The van der Waals surface area contributed by atoms with E-state index in [4.69, 9.17) is 0 Å². The third-order valence-corrected chi connectivity index (χ3v) is 4.96. The molecule has 1 saturated carbocycles. The van der Waals surface area contributed by atoms with Crippen molar-refractivity contribution in [2.24, 2.45) is 0 Å². The molecule has 0 amide bonds. The van der Waals surface area contributed by atoms with Gasteiger partial charge in [0.2, 0.25) is 0 Å². The van der Waals surface area contributed by atoms with E-state index in [2.05, 4.69) is 52.4 Å². The first-order valence-electron chi connectivity index (χ1n) is 7.37. The van der Waals surface area contributed by atoms with Crippen LogP contribution in [0, 0.1) is 0 Å². The SMILES string of the molecule is c1ccc([C@@H]2CC23c2cccnc2-c2ncccc23)cc1. The number of rotatable bonds is 1. The van der Waals surface area contributed by atoms with Gasteiger partial charge in [-0.15, -0.1) is 0 Å². The van der Waals surface area contributed by atoms with E-state index < -0.39 is 0 Å². The number of fused-ring (bicyclic) bond motifs is 5. The Bertz CT molecular complexity index is 793. The molecular weight excluding hydrogens is 256 g/mol. The van der Waals surface area contributed by atoms with Crippen molar-refractivity contribution in [2.75, 3.05) is 0 Å². The minimum absolute atomic E-state index is 0.106. The van der Waals surface area contributed by atoms with E-state index in [1.807, 2.05) is 24.5 Å². The van der Waals surface area contributed by atoms with E-state index in [1.54, 1.807) is 0 Å². The fraction of sp³-hybridized carbons (Fsp3) is 0.158. The summed E-state index contributed by atoms with van der Waals surface area (Å²) in [5.41, 5.74) is 6.39. The molecule has 2 heterocycles. The summed E-state index contributed by atoms with van der Waals surface area (Å²) in [7, 11) is 0. The molecule has 2 heteroatoms. The summed E-state index contributed by atoms with van der Waals surface area (Å²) in [4.78, 5) is 9.20. The molecule has 21 heavy (non-hydrogen) atoms.